The zero-order valence-corrected chi connectivity index (χ0v) is 20.8. The summed E-state index contributed by atoms with van der Waals surface area (Å²) in [7, 11) is -0.553. The molecule has 1 fully saturated rings. The fraction of sp³-hybridized carbons (Fsp3) is 0.375. The molecule has 1 saturated heterocycles. The third kappa shape index (κ3) is 5.73. The molecule has 10 nitrogen and oxygen atoms in total. The van der Waals surface area contributed by atoms with Crippen molar-refractivity contribution in [2.45, 2.75) is 24.7 Å². The van der Waals surface area contributed by atoms with Crippen molar-refractivity contribution in [3.63, 3.8) is 0 Å². The highest BCUT2D eigenvalue weighted by Gasteiger charge is 2.27. The normalized spacial score (nSPS) is 14.2. The molecule has 2 aromatic carbocycles. The first-order valence-corrected chi connectivity index (χ1v) is 12.4. The van der Waals surface area contributed by atoms with Crippen LogP contribution in [0.2, 0.25) is 0 Å². The molecular weight excluding hydrogens is 476 g/mol. The van der Waals surface area contributed by atoms with Gasteiger partial charge in [-0.2, -0.15) is 0 Å². The third-order valence-corrected chi connectivity index (χ3v) is 7.24. The predicted molar refractivity (Wildman–Crippen MR) is 127 cm³/mol. The van der Waals surface area contributed by atoms with E-state index in [4.69, 9.17) is 9.47 Å². The van der Waals surface area contributed by atoms with Gasteiger partial charge in [-0.05, 0) is 55.2 Å². The Labute approximate surface area is 204 Å². The summed E-state index contributed by atoms with van der Waals surface area (Å²) in [6.07, 6.45) is 1.72. The summed E-state index contributed by atoms with van der Waals surface area (Å²) in [6.45, 7) is 3.27. The van der Waals surface area contributed by atoms with Crippen molar-refractivity contribution in [3.05, 3.63) is 53.1 Å². The van der Waals surface area contributed by atoms with Crippen LogP contribution < -0.4 is 9.46 Å². The van der Waals surface area contributed by atoms with Gasteiger partial charge in [0, 0.05) is 13.1 Å². The summed E-state index contributed by atoms with van der Waals surface area (Å²) in [4.78, 5) is 38.8. The largest absolute Gasteiger partial charge is 0.496 e. The SMILES string of the molecule is COC(=O)c1ccc(C(=O)OC)c(NS(=O)(=O)c2ccc(OC)c(C(=O)N3CCC(C)CC3)c2)c1. The van der Waals surface area contributed by atoms with Crippen LogP contribution in [-0.4, -0.2) is 65.6 Å². The van der Waals surface area contributed by atoms with E-state index in [2.05, 4.69) is 16.4 Å². The van der Waals surface area contributed by atoms with Gasteiger partial charge in [-0.15, -0.1) is 0 Å². The average Bonchev–Trinajstić information content (AvgIpc) is 2.87. The number of nitrogens with zero attached hydrogens (tertiary/aromatic N) is 1. The minimum absolute atomic E-state index is 0.0303. The molecule has 2 aromatic rings. The number of methoxy groups -OCH3 is 3. The molecule has 0 bridgehead atoms. The molecule has 1 heterocycles. The van der Waals surface area contributed by atoms with E-state index in [1.165, 1.54) is 50.6 Å². The Morgan fingerprint density at radius 1 is 0.914 bits per heavy atom. The second-order valence-corrected chi connectivity index (χ2v) is 9.87. The van der Waals surface area contributed by atoms with E-state index >= 15 is 0 Å². The minimum atomic E-state index is -4.28. The molecule has 0 saturated carbocycles. The lowest BCUT2D eigenvalue weighted by molar-refractivity contribution is 0.0587. The van der Waals surface area contributed by atoms with Crippen LogP contribution in [0, 0.1) is 5.92 Å². The number of piperidine rings is 1. The van der Waals surface area contributed by atoms with Crippen molar-refractivity contribution in [1.29, 1.82) is 0 Å². The summed E-state index contributed by atoms with van der Waals surface area (Å²) in [5.74, 6) is -1.08. The van der Waals surface area contributed by atoms with Gasteiger partial charge < -0.3 is 19.1 Å². The predicted octanol–water partition coefficient (Wildman–Crippen LogP) is 2.94. The van der Waals surface area contributed by atoms with Crippen molar-refractivity contribution < 1.29 is 37.0 Å². The van der Waals surface area contributed by atoms with Crippen LogP contribution in [0.15, 0.2) is 41.3 Å². The van der Waals surface area contributed by atoms with Crippen LogP contribution in [0.1, 0.15) is 50.8 Å². The molecule has 0 unspecified atom stereocenters. The van der Waals surface area contributed by atoms with Crippen LogP contribution in [0.4, 0.5) is 5.69 Å². The Hall–Kier alpha value is -3.60. The summed E-state index contributed by atoms with van der Waals surface area (Å²) >= 11 is 0. The lowest BCUT2D eigenvalue weighted by Crippen LogP contribution is -2.38. The average molecular weight is 505 g/mol. The lowest BCUT2D eigenvalue weighted by atomic mass is 9.98. The highest BCUT2D eigenvalue weighted by molar-refractivity contribution is 7.92. The number of hydrogen-bond acceptors (Lipinski definition) is 8. The van der Waals surface area contributed by atoms with E-state index in [0.717, 1.165) is 20.0 Å². The van der Waals surface area contributed by atoms with E-state index < -0.39 is 22.0 Å². The van der Waals surface area contributed by atoms with Crippen molar-refractivity contribution in [1.82, 2.24) is 4.90 Å². The molecule has 0 radical (unpaired) electrons. The first-order valence-electron chi connectivity index (χ1n) is 10.9. The number of ether oxygens (including phenoxy) is 3. The van der Waals surface area contributed by atoms with Crippen LogP contribution in [-0.2, 0) is 19.5 Å². The third-order valence-electron chi connectivity index (χ3n) is 5.87. The number of rotatable bonds is 7. The van der Waals surface area contributed by atoms with E-state index in [1.54, 1.807) is 4.90 Å². The fourth-order valence-corrected chi connectivity index (χ4v) is 4.87. The number of sulfonamides is 1. The fourth-order valence-electron chi connectivity index (χ4n) is 3.77. The Bertz CT molecular complexity index is 1230. The summed E-state index contributed by atoms with van der Waals surface area (Å²) in [6, 6.07) is 7.69. The molecule has 0 aromatic heterocycles. The maximum atomic E-state index is 13.3. The molecule has 1 N–H and O–H groups in total. The number of anilines is 1. The van der Waals surface area contributed by atoms with E-state index in [1.807, 2.05) is 0 Å². The monoisotopic (exact) mass is 504 g/mol. The van der Waals surface area contributed by atoms with E-state index in [-0.39, 0.29) is 38.9 Å². The Morgan fingerprint density at radius 3 is 2.17 bits per heavy atom. The van der Waals surface area contributed by atoms with Gasteiger partial charge in [0.25, 0.3) is 15.9 Å². The standard InChI is InChI=1S/C24H28N2O8S/c1-15-9-11-26(12-10-15)22(27)19-14-17(6-8-21(19)32-2)35(30,31)25-20-13-16(23(28)33-3)5-7-18(20)24(29)34-4/h5-8,13-15,25H,9-12H2,1-4H3. The van der Waals surface area contributed by atoms with E-state index in [9.17, 15) is 22.8 Å². The number of nitrogens with one attached hydrogen (secondary N) is 1. The number of amides is 1. The summed E-state index contributed by atoms with van der Waals surface area (Å²) in [5, 5.41) is 0. The van der Waals surface area contributed by atoms with Gasteiger partial charge in [-0.3, -0.25) is 9.52 Å². The second-order valence-electron chi connectivity index (χ2n) is 8.19. The van der Waals surface area contributed by atoms with Crippen molar-refractivity contribution in [3.8, 4) is 5.75 Å². The number of hydrogen-bond donors (Lipinski definition) is 1. The quantitative estimate of drug-likeness (QED) is 0.570. The molecule has 1 amide bonds. The van der Waals surface area contributed by atoms with Crippen molar-refractivity contribution in [2.75, 3.05) is 39.1 Å². The molecule has 11 heteroatoms. The highest BCUT2D eigenvalue weighted by Crippen LogP contribution is 2.28. The number of likely N-dealkylation sites (tertiary alicyclic amines) is 1. The van der Waals surface area contributed by atoms with Crippen LogP contribution in [0.25, 0.3) is 0 Å². The molecule has 188 valence electrons. The first kappa shape index (κ1) is 26.0. The van der Waals surface area contributed by atoms with Crippen LogP contribution in [0.3, 0.4) is 0 Å². The van der Waals surface area contributed by atoms with Crippen molar-refractivity contribution >= 4 is 33.6 Å². The first-order chi connectivity index (χ1) is 16.6. The number of carbonyl (C=O) groups is 3. The lowest BCUT2D eigenvalue weighted by Gasteiger charge is -2.30. The zero-order chi connectivity index (χ0) is 25.8. The number of carbonyl (C=O) groups excluding carboxylic acids is 3. The molecule has 1 aliphatic heterocycles. The Balaban J connectivity index is 2.00. The van der Waals surface area contributed by atoms with Gasteiger partial charge in [-0.1, -0.05) is 6.92 Å². The number of benzene rings is 2. The smallest absolute Gasteiger partial charge is 0.339 e. The Morgan fingerprint density at radius 2 is 1.57 bits per heavy atom. The number of esters is 2. The Kier molecular flexibility index (Phi) is 8.00. The van der Waals surface area contributed by atoms with Crippen LogP contribution in [0.5, 0.6) is 5.75 Å². The second kappa shape index (κ2) is 10.8. The zero-order valence-electron chi connectivity index (χ0n) is 20.0. The minimum Gasteiger partial charge on any atom is -0.496 e. The van der Waals surface area contributed by atoms with E-state index in [0.29, 0.717) is 19.0 Å². The summed E-state index contributed by atoms with van der Waals surface area (Å²) < 4.78 is 43.6. The highest BCUT2D eigenvalue weighted by atomic mass is 32.2. The molecule has 1 aliphatic rings. The van der Waals surface area contributed by atoms with Gasteiger partial charge >= 0.3 is 11.9 Å². The molecule has 0 atom stereocenters. The maximum Gasteiger partial charge on any atom is 0.339 e. The van der Waals surface area contributed by atoms with Crippen LogP contribution >= 0.6 is 0 Å². The molecule has 3 rings (SSSR count). The molecule has 35 heavy (non-hydrogen) atoms. The molecule has 0 aliphatic carbocycles. The van der Waals surface area contributed by atoms with Gasteiger partial charge in [0.2, 0.25) is 0 Å². The van der Waals surface area contributed by atoms with Gasteiger partial charge in [0.1, 0.15) is 5.75 Å². The topological polar surface area (TPSA) is 128 Å². The molecular formula is C24H28N2O8S. The molecule has 0 spiro atoms. The van der Waals surface area contributed by atoms with Gasteiger partial charge in [0.05, 0.1) is 48.6 Å². The van der Waals surface area contributed by atoms with Gasteiger partial charge in [0.15, 0.2) is 0 Å². The maximum absolute atomic E-state index is 13.3. The van der Waals surface area contributed by atoms with Gasteiger partial charge in [-0.25, -0.2) is 18.0 Å². The summed E-state index contributed by atoms with van der Waals surface area (Å²) in [5.41, 5.74) is -0.131. The van der Waals surface area contributed by atoms with Crippen molar-refractivity contribution in [2.24, 2.45) is 5.92 Å².